The van der Waals surface area contributed by atoms with Crippen LogP contribution in [0.2, 0.25) is 5.02 Å². The first-order valence-electron chi connectivity index (χ1n) is 10.1. The van der Waals surface area contributed by atoms with E-state index >= 15 is 0 Å². The SMILES string of the molecule is O=C(NC(c1ccccc1)c1ccc(Cl)cc1)C1CCCN(C(=O)c2cccs2)C1. The number of carbonyl (C=O) groups excluding carboxylic acids is 2. The fourth-order valence-corrected chi connectivity index (χ4v) is 4.67. The van der Waals surface area contributed by atoms with Gasteiger partial charge in [0, 0.05) is 18.1 Å². The average molecular weight is 439 g/mol. The van der Waals surface area contributed by atoms with Crippen LogP contribution >= 0.6 is 22.9 Å². The first kappa shape index (κ1) is 20.6. The molecular formula is C24H23ClN2O2S. The topological polar surface area (TPSA) is 49.4 Å². The molecule has 6 heteroatoms. The molecule has 2 amide bonds. The van der Waals surface area contributed by atoms with Crippen molar-refractivity contribution in [2.24, 2.45) is 5.92 Å². The highest BCUT2D eigenvalue weighted by molar-refractivity contribution is 7.12. The van der Waals surface area contributed by atoms with Gasteiger partial charge in [-0.3, -0.25) is 9.59 Å². The number of thiophene rings is 1. The Morgan fingerprint density at radius 3 is 2.43 bits per heavy atom. The summed E-state index contributed by atoms with van der Waals surface area (Å²) >= 11 is 7.49. The Labute approximate surface area is 185 Å². The molecule has 1 N–H and O–H groups in total. The number of nitrogens with one attached hydrogen (secondary N) is 1. The summed E-state index contributed by atoms with van der Waals surface area (Å²) in [6.45, 7) is 1.14. The van der Waals surface area contributed by atoms with Gasteiger partial charge in [0.1, 0.15) is 0 Å². The molecule has 4 rings (SSSR count). The van der Waals surface area contributed by atoms with Gasteiger partial charge in [0.25, 0.3) is 5.91 Å². The number of hydrogen-bond acceptors (Lipinski definition) is 3. The van der Waals surface area contributed by atoms with Gasteiger partial charge in [0.15, 0.2) is 0 Å². The standard InChI is InChI=1S/C24H23ClN2O2S/c25-20-12-10-18(11-13-20)22(17-6-2-1-3-7-17)26-23(28)19-8-4-14-27(16-19)24(29)21-9-5-15-30-21/h1-3,5-7,9-13,15,19,22H,4,8,14,16H2,(H,26,28). The lowest BCUT2D eigenvalue weighted by molar-refractivity contribution is -0.126. The number of halogens is 1. The normalized spacial score (nSPS) is 17.4. The van der Waals surface area contributed by atoms with Gasteiger partial charge in [0.2, 0.25) is 5.91 Å². The highest BCUT2D eigenvalue weighted by Crippen LogP contribution is 2.26. The lowest BCUT2D eigenvalue weighted by Gasteiger charge is -2.33. The van der Waals surface area contributed by atoms with Crippen molar-refractivity contribution in [1.29, 1.82) is 0 Å². The lowest BCUT2D eigenvalue weighted by Crippen LogP contribution is -2.46. The van der Waals surface area contributed by atoms with Gasteiger partial charge in [-0.05, 0) is 47.5 Å². The summed E-state index contributed by atoms with van der Waals surface area (Å²) in [4.78, 5) is 28.4. The molecule has 3 aromatic rings. The van der Waals surface area contributed by atoms with Crippen LogP contribution in [0.15, 0.2) is 72.1 Å². The van der Waals surface area contributed by atoms with E-state index in [0.717, 1.165) is 28.8 Å². The second kappa shape index (κ2) is 9.45. The quantitative estimate of drug-likeness (QED) is 0.598. The average Bonchev–Trinajstić information content (AvgIpc) is 3.33. The summed E-state index contributed by atoms with van der Waals surface area (Å²) in [6, 6.07) is 20.9. The number of hydrogen-bond donors (Lipinski definition) is 1. The van der Waals surface area contributed by atoms with Crippen LogP contribution in [0.3, 0.4) is 0 Å². The van der Waals surface area contributed by atoms with Crippen molar-refractivity contribution in [2.45, 2.75) is 18.9 Å². The molecule has 1 fully saturated rings. The van der Waals surface area contributed by atoms with Crippen molar-refractivity contribution < 1.29 is 9.59 Å². The first-order valence-corrected chi connectivity index (χ1v) is 11.3. The maximum atomic E-state index is 13.2. The molecule has 2 aromatic carbocycles. The number of amides is 2. The monoisotopic (exact) mass is 438 g/mol. The Kier molecular flexibility index (Phi) is 6.50. The smallest absolute Gasteiger partial charge is 0.263 e. The molecule has 1 saturated heterocycles. The maximum absolute atomic E-state index is 13.2. The van der Waals surface area contributed by atoms with Gasteiger partial charge in [-0.25, -0.2) is 0 Å². The molecule has 1 aliphatic heterocycles. The minimum Gasteiger partial charge on any atom is -0.345 e. The zero-order valence-corrected chi connectivity index (χ0v) is 18.0. The van der Waals surface area contributed by atoms with Crippen LogP contribution in [0.1, 0.15) is 39.7 Å². The fraction of sp³-hybridized carbons (Fsp3) is 0.250. The van der Waals surface area contributed by atoms with Crippen LogP contribution < -0.4 is 5.32 Å². The van der Waals surface area contributed by atoms with E-state index in [9.17, 15) is 9.59 Å². The molecule has 0 aliphatic carbocycles. The molecule has 0 bridgehead atoms. The Morgan fingerprint density at radius 1 is 1.00 bits per heavy atom. The Bertz CT molecular complexity index is 990. The summed E-state index contributed by atoms with van der Waals surface area (Å²) in [5.74, 6) is -0.233. The number of likely N-dealkylation sites (tertiary alicyclic amines) is 1. The van der Waals surface area contributed by atoms with E-state index in [1.165, 1.54) is 11.3 Å². The number of benzene rings is 2. The minimum absolute atomic E-state index is 0.0137. The molecule has 1 aromatic heterocycles. The highest BCUT2D eigenvalue weighted by atomic mass is 35.5. The van der Waals surface area contributed by atoms with Crippen molar-refractivity contribution in [1.82, 2.24) is 10.2 Å². The van der Waals surface area contributed by atoms with E-state index in [1.54, 1.807) is 4.90 Å². The summed E-state index contributed by atoms with van der Waals surface area (Å²) in [5.41, 5.74) is 1.98. The molecule has 0 saturated carbocycles. The van der Waals surface area contributed by atoms with Crippen LogP contribution in [0.5, 0.6) is 0 Å². The Morgan fingerprint density at radius 2 is 1.73 bits per heavy atom. The number of piperidine rings is 1. The minimum atomic E-state index is -0.264. The van der Waals surface area contributed by atoms with Gasteiger partial charge >= 0.3 is 0 Å². The van der Waals surface area contributed by atoms with Crippen LogP contribution in [0.4, 0.5) is 0 Å². The zero-order valence-electron chi connectivity index (χ0n) is 16.5. The molecule has 154 valence electrons. The second-order valence-corrected chi connectivity index (χ2v) is 8.86. The van der Waals surface area contributed by atoms with Crippen molar-refractivity contribution in [3.63, 3.8) is 0 Å². The van der Waals surface area contributed by atoms with Gasteiger partial charge in [0.05, 0.1) is 16.8 Å². The van der Waals surface area contributed by atoms with Crippen LogP contribution in [0.25, 0.3) is 0 Å². The Hall–Kier alpha value is -2.63. The highest BCUT2D eigenvalue weighted by Gasteiger charge is 2.30. The van der Waals surface area contributed by atoms with E-state index in [0.29, 0.717) is 18.1 Å². The molecule has 4 nitrogen and oxygen atoms in total. The molecule has 0 radical (unpaired) electrons. The molecular weight excluding hydrogens is 416 g/mol. The van der Waals surface area contributed by atoms with Gasteiger partial charge < -0.3 is 10.2 Å². The summed E-state index contributed by atoms with van der Waals surface area (Å²) in [7, 11) is 0. The van der Waals surface area contributed by atoms with Crippen LogP contribution in [0, 0.1) is 5.92 Å². The first-order chi connectivity index (χ1) is 14.6. The zero-order chi connectivity index (χ0) is 20.9. The molecule has 2 heterocycles. The predicted molar refractivity (Wildman–Crippen MR) is 121 cm³/mol. The van der Waals surface area contributed by atoms with Crippen LogP contribution in [-0.2, 0) is 4.79 Å². The molecule has 2 unspecified atom stereocenters. The van der Waals surface area contributed by atoms with Gasteiger partial charge in [-0.1, -0.05) is 60.1 Å². The third kappa shape index (κ3) is 4.74. The largest absolute Gasteiger partial charge is 0.345 e. The van der Waals surface area contributed by atoms with Crippen LogP contribution in [-0.4, -0.2) is 29.8 Å². The van der Waals surface area contributed by atoms with Crippen molar-refractivity contribution in [3.05, 3.63) is 93.1 Å². The molecule has 0 spiro atoms. The lowest BCUT2D eigenvalue weighted by atomic mass is 9.94. The number of carbonyl (C=O) groups is 2. The second-order valence-electron chi connectivity index (χ2n) is 7.47. The van der Waals surface area contributed by atoms with Gasteiger partial charge in [-0.2, -0.15) is 0 Å². The molecule has 2 atom stereocenters. The molecule has 1 aliphatic rings. The predicted octanol–water partition coefficient (Wildman–Crippen LogP) is 5.16. The third-order valence-electron chi connectivity index (χ3n) is 5.43. The maximum Gasteiger partial charge on any atom is 0.263 e. The number of rotatable bonds is 5. The van der Waals surface area contributed by atoms with E-state index in [4.69, 9.17) is 11.6 Å². The van der Waals surface area contributed by atoms with Crippen molar-refractivity contribution >= 4 is 34.8 Å². The Balaban J connectivity index is 1.50. The van der Waals surface area contributed by atoms with Gasteiger partial charge in [-0.15, -0.1) is 11.3 Å². The fourth-order valence-electron chi connectivity index (χ4n) is 3.85. The van der Waals surface area contributed by atoms with E-state index in [1.807, 2.05) is 72.1 Å². The van der Waals surface area contributed by atoms with E-state index in [-0.39, 0.29) is 23.8 Å². The van der Waals surface area contributed by atoms with Crippen molar-refractivity contribution in [3.8, 4) is 0 Å². The summed E-state index contributed by atoms with van der Waals surface area (Å²) in [6.07, 6.45) is 1.61. The van der Waals surface area contributed by atoms with E-state index < -0.39 is 0 Å². The van der Waals surface area contributed by atoms with E-state index in [2.05, 4.69) is 5.32 Å². The summed E-state index contributed by atoms with van der Waals surface area (Å²) < 4.78 is 0. The summed E-state index contributed by atoms with van der Waals surface area (Å²) in [5, 5.41) is 5.78. The number of nitrogens with zero attached hydrogens (tertiary/aromatic N) is 1. The third-order valence-corrected chi connectivity index (χ3v) is 6.54. The molecule has 30 heavy (non-hydrogen) atoms. The van der Waals surface area contributed by atoms with Crippen molar-refractivity contribution in [2.75, 3.05) is 13.1 Å².